The van der Waals surface area contributed by atoms with E-state index in [1.807, 2.05) is 6.33 Å². The molecule has 0 spiro atoms. The van der Waals surface area contributed by atoms with Crippen molar-refractivity contribution in [2.75, 3.05) is 0 Å². The van der Waals surface area contributed by atoms with Gasteiger partial charge in [-0.25, -0.2) is 0 Å². The molecule has 3 nitrogen and oxygen atoms in total. The van der Waals surface area contributed by atoms with E-state index in [0.29, 0.717) is 5.92 Å². The summed E-state index contributed by atoms with van der Waals surface area (Å²) in [6.45, 7) is 6.63. The first-order chi connectivity index (χ1) is 7.09. The van der Waals surface area contributed by atoms with Crippen molar-refractivity contribution in [3.05, 3.63) is 12.2 Å². The van der Waals surface area contributed by atoms with Gasteiger partial charge in [0.2, 0.25) is 0 Å². The van der Waals surface area contributed by atoms with Crippen LogP contribution < -0.4 is 0 Å². The zero-order chi connectivity index (χ0) is 10.9. The Morgan fingerprint density at radius 3 is 2.47 bits per heavy atom. The standard InChI is InChI=1S/C12H21N3/c1-12(2,3)15-9-13-14-11(15)10-7-5-4-6-8-10/h9-10H,4-8H2,1-3H3. The molecule has 2 rings (SSSR count). The Morgan fingerprint density at radius 2 is 1.87 bits per heavy atom. The highest BCUT2D eigenvalue weighted by molar-refractivity contribution is 5.01. The van der Waals surface area contributed by atoms with Gasteiger partial charge in [0.1, 0.15) is 12.2 Å². The maximum absolute atomic E-state index is 4.32. The average molecular weight is 207 g/mol. The Kier molecular flexibility index (Phi) is 2.81. The normalized spacial score (nSPS) is 19.4. The minimum atomic E-state index is 0.107. The number of hydrogen-bond acceptors (Lipinski definition) is 2. The molecule has 3 heteroatoms. The van der Waals surface area contributed by atoms with E-state index in [4.69, 9.17) is 0 Å². The molecule has 0 radical (unpaired) electrons. The molecule has 1 heterocycles. The number of rotatable bonds is 1. The molecule has 0 unspecified atom stereocenters. The second-order valence-electron chi connectivity index (χ2n) is 5.56. The van der Waals surface area contributed by atoms with Gasteiger partial charge in [0, 0.05) is 11.5 Å². The summed E-state index contributed by atoms with van der Waals surface area (Å²) < 4.78 is 2.24. The zero-order valence-corrected chi connectivity index (χ0v) is 10.0. The third kappa shape index (κ3) is 2.21. The van der Waals surface area contributed by atoms with E-state index in [1.165, 1.54) is 37.9 Å². The van der Waals surface area contributed by atoms with Gasteiger partial charge in [-0.15, -0.1) is 10.2 Å². The largest absolute Gasteiger partial charge is 0.312 e. The Balaban J connectivity index is 2.24. The summed E-state index contributed by atoms with van der Waals surface area (Å²) in [6.07, 6.45) is 8.54. The third-order valence-electron chi connectivity index (χ3n) is 3.27. The predicted octanol–water partition coefficient (Wildman–Crippen LogP) is 3.08. The van der Waals surface area contributed by atoms with E-state index in [1.54, 1.807) is 0 Å². The van der Waals surface area contributed by atoms with Crippen LogP contribution in [-0.4, -0.2) is 14.8 Å². The molecular weight excluding hydrogens is 186 g/mol. The van der Waals surface area contributed by atoms with Gasteiger partial charge in [0.25, 0.3) is 0 Å². The van der Waals surface area contributed by atoms with E-state index in [9.17, 15) is 0 Å². The second kappa shape index (κ2) is 3.95. The van der Waals surface area contributed by atoms with Gasteiger partial charge in [-0.2, -0.15) is 0 Å². The smallest absolute Gasteiger partial charge is 0.136 e. The number of hydrogen-bond donors (Lipinski definition) is 0. The van der Waals surface area contributed by atoms with Crippen LogP contribution >= 0.6 is 0 Å². The van der Waals surface area contributed by atoms with Crippen molar-refractivity contribution in [1.29, 1.82) is 0 Å². The Hall–Kier alpha value is -0.860. The monoisotopic (exact) mass is 207 g/mol. The molecule has 0 N–H and O–H groups in total. The molecule has 0 atom stereocenters. The van der Waals surface area contributed by atoms with E-state index in [-0.39, 0.29) is 5.54 Å². The molecule has 0 bridgehead atoms. The summed E-state index contributed by atoms with van der Waals surface area (Å²) in [5, 5.41) is 8.40. The maximum Gasteiger partial charge on any atom is 0.136 e. The molecule has 1 aliphatic carbocycles. The molecule has 0 aliphatic heterocycles. The van der Waals surface area contributed by atoms with E-state index in [2.05, 4.69) is 35.5 Å². The van der Waals surface area contributed by atoms with E-state index < -0.39 is 0 Å². The van der Waals surface area contributed by atoms with Crippen molar-refractivity contribution in [2.24, 2.45) is 0 Å². The van der Waals surface area contributed by atoms with Crippen LogP contribution in [0.15, 0.2) is 6.33 Å². The van der Waals surface area contributed by atoms with Crippen molar-refractivity contribution in [2.45, 2.75) is 64.3 Å². The molecule has 1 aliphatic rings. The lowest BCUT2D eigenvalue weighted by atomic mass is 9.88. The van der Waals surface area contributed by atoms with Gasteiger partial charge >= 0.3 is 0 Å². The van der Waals surface area contributed by atoms with E-state index >= 15 is 0 Å². The Bertz CT molecular complexity index is 316. The zero-order valence-electron chi connectivity index (χ0n) is 10.0. The Labute approximate surface area is 91.9 Å². The van der Waals surface area contributed by atoms with Gasteiger partial charge in [-0.05, 0) is 33.6 Å². The predicted molar refractivity (Wildman–Crippen MR) is 60.8 cm³/mol. The SMILES string of the molecule is CC(C)(C)n1cnnc1C1CCCCC1. The highest BCUT2D eigenvalue weighted by atomic mass is 15.3. The molecule has 1 fully saturated rings. The molecule has 1 aromatic rings. The van der Waals surface area contributed by atoms with Crippen molar-refractivity contribution in [1.82, 2.24) is 14.8 Å². The summed E-state index contributed by atoms with van der Waals surface area (Å²) in [5.74, 6) is 1.84. The summed E-state index contributed by atoms with van der Waals surface area (Å²) >= 11 is 0. The van der Waals surface area contributed by atoms with Crippen molar-refractivity contribution in [3.8, 4) is 0 Å². The minimum Gasteiger partial charge on any atom is -0.312 e. The van der Waals surface area contributed by atoms with Crippen LogP contribution in [-0.2, 0) is 5.54 Å². The van der Waals surface area contributed by atoms with Crippen LogP contribution in [0, 0.1) is 0 Å². The maximum atomic E-state index is 4.32. The molecular formula is C12H21N3. The van der Waals surface area contributed by atoms with Crippen LogP contribution in [0.25, 0.3) is 0 Å². The van der Waals surface area contributed by atoms with Crippen molar-refractivity contribution < 1.29 is 0 Å². The average Bonchev–Trinajstić information content (AvgIpc) is 2.67. The van der Waals surface area contributed by atoms with Crippen molar-refractivity contribution >= 4 is 0 Å². The lowest BCUT2D eigenvalue weighted by Gasteiger charge is -2.27. The van der Waals surface area contributed by atoms with Crippen molar-refractivity contribution in [3.63, 3.8) is 0 Å². The highest BCUT2D eigenvalue weighted by Gasteiger charge is 2.25. The molecule has 0 aromatic carbocycles. The van der Waals surface area contributed by atoms with Crippen LogP contribution in [0.4, 0.5) is 0 Å². The first-order valence-electron chi connectivity index (χ1n) is 5.99. The van der Waals surface area contributed by atoms with Gasteiger partial charge in [-0.1, -0.05) is 19.3 Å². The summed E-state index contributed by atoms with van der Waals surface area (Å²) in [5.41, 5.74) is 0.107. The summed E-state index contributed by atoms with van der Waals surface area (Å²) in [4.78, 5) is 0. The fraction of sp³-hybridized carbons (Fsp3) is 0.833. The molecule has 0 amide bonds. The van der Waals surface area contributed by atoms with Gasteiger partial charge in [-0.3, -0.25) is 0 Å². The van der Waals surface area contributed by atoms with Crippen LogP contribution in [0.5, 0.6) is 0 Å². The lowest BCUT2D eigenvalue weighted by molar-refractivity contribution is 0.345. The highest BCUT2D eigenvalue weighted by Crippen LogP contribution is 2.33. The first kappa shape index (κ1) is 10.7. The molecule has 1 saturated carbocycles. The van der Waals surface area contributed by atoms with Crippen LogP contribution in [0.3, 0.4) is 0 Å². The van der Waals surface area contributed by atoms with Gasteiger partial charge in [0.15, 0.2) is 0 Å². The second-order valence-corrected chi connectivity index (χ2v) is 5.56. The lowest BCUT2D eigenvalue weighted by Crippen LogP contribution is -2.25. The fourth-order valence-corrected chi connectivity index (χ4v) is 2.40. The topological polar surface area (TPSA) is 30.7 Å². The Morgan fingerprint density at radius 1 is 1.20 bits per heavy atom. The molecule has 1 aromatic heterocycles. The summed E-state index contributed by atoms with van der Waals surface area (Å²) in [6, 6.07) is 0. The van der Waals surface area contributed by atoms with Gasteiger partial charge in [0.05, 0.1) is 0 Å². The molecule has 0 saturated heterocycles. The number of aromatic nitrogens is 3. The molecule has 15 heavy (non-hydrogen) atoms. The van der Waals surface area contributed by atoms with Crippen LogP contribution in [0.2, 0.25) is 0 Å². The number of nitrogens with zero attached hydrogens (tertiary/aromatic N) is 3. The van der Waals surface area contributed by atoms with Crippen LogP contribution in [0.1, 0.15) is 64.6 Å². The summed E-state index contributed by atoms with van der Waals surface area (Å²) in [7, 11) is 0. The first-order valence-corrected chi connectivity index (χ1v) is 5.99. The van der Waals surface area contributed by atoms with E-state index in [0.717, 1.165) is 0 Å². The molecule has 84 valence electrons. The quantitative estimate of drug-likeness (QED) is 0.708. The third-order valence-corrected chi connectivity index (χ3v) is 3.27. The minimum absolute atomic E-state index is 0.107. The van der Waals surface area contributed by atoms with Gasteiger partial charge < -0.3 is 4.57 Å². The fourth-order valence-electron chi connectivity index (χ4n) is 2.40.